The Labute approximate surface area is 112 Å². The van der Waals surface area contributed by atoms with Gasteiger partial charge in [-0.2, -0.15) is 0 Å². The molecule has 0 fully saturated rings. The summed E-state index contributed by atoms with van der Waals surface area (Å²) < 4.78 is 0.569. The lowest BCUT2D eigenvalue weighted by Crippen LogP contribution is -2.11. The number of nitrogens with one attached hydrogen (secondary N) is 1. The Hall–Kier alpha value is -1.23. The number of nitrogen functional groups attached to an aromatic ring is 1. The number of thiophene rings is 1. The van der Waals surface area contributed by atoms with Crippen LogP contribution in [0.4, 0.5) is 11.4 Å². The van der Waals surface area contributed by atoms with Crippen molar-refractivity contribution >= 4 is 51.8 Å². The van der Waals surface area contributed by atoms with Gasteiger partial charge in [0.25, 0.3) is 5.91 Å². The topological polar surface area (TPSA) is 55.1 Å². The minimum absolute atomic E-state index is 0.240. The zero-order chi connectivity index (χ0) is 12.4. The van der Waals surface area contributed by atoms with Gasteiger partial charge in [0.2, 0.25) is 0 Å². The molecule has 1 amide bonds. The average molecular weight is 287 g/mol. The summed E-state index contributed by atoms with van der Waals surface area (Å²) >= 11 is 12.7. The summed E-state index contributed by atoms with van der Waals surface area (Å²) in [7, 11) is 0. The second kappa shape index (κ2) is 4.96. The third-order valence-electron chi connectivity index (χ3n) is 2.06. The predicted molar refractivity (Wildman–Crippen MR) is 73.1 cm³/mol. The Morgan fingerprint density at radius 3 is 2.59 bits per heavy atom. The molecule has 1 heterocycles. The van der Waals surface area contributed by atoms with E-state index in [-0.39, 0.29) is 5.91 Å². The van der Waals surface area contributed by atoms with Crippen molar-refractivity contribution in [3.05, 3.63) is 44.6 Å². The second-order valence-corrected chi connectivity index (χ2v) is 5.44. The first-order chi connectivity index (χ1) is 8.06. The van der Waals surface area contributed by atoms with Crippen LogP contribution in [0.25, 0.3) is 0 Å². The fourth-order valence-electron chi connectivity index (χ4n) is 1.27. The van der Waals surface area contributed by atoms with Gasteiger partial charge in [0.05, 0.1) is 20.6 Å². The van der Waals surface area contributed by atoms with Crippen molar-refractivity contribution in [2.24, 2.45) is 0 Å². The summed E-state index contributed by atoms with van der Waals surface area (Å²) in [5, 5.41) is 3.22. The maximum atomic E-state index is 11.8. The fraction of sp³-hybridized carbons (Fsp3) is 0. The molecule has 0 unspecified atom stereocenters. The van der Waals surface area contributed by atoms with Crippen LogP contribution in [0, 0.1) is 0 Å². The lowest BCUT2D eigenvalue weighted by Gasteiger charge is -2.07. The monoisotopic (exact) mass is 286 g/mol. The number of halogens is 2. The number of rotatable bonds is 2. The Kier molecular flexibility index (Phi) is 3.57. The SMILES string of the molecule is Nc1cc(Cl)ccc1NC(=O)c1ccc(Cl)s1. The molecule has 1 aromatic carbocycles. The molecule has 0 saturated heterocycles. The largest absolute Gasteiger partial charge is 0.397 e. The molecule has 3 N–H and O–H groups in total. The van der Waals surface area contributed by atoms with Crippen LogP contribution in [0.5, 0.6) is 0 Å². The van der Waals surface area contributed by atoms with Crippen LogP contribution < -0.4 is 11.1 Å². The molecule has 2 aromatic rings. The normalized spacial score (nSPS) is 10.2. The highest BCUT2D eigenvalue weighted by Crippen LogP contribution is 2.25. The number of hydrogen-bond acceptors (Lipinski definition) is 3. The lowest BCUT2D eigenvalue weighted by atomic mass is 10.2. The minimum atomic E-state index is -0.240. The zero-order valence-electron chi connectivity index (χ0n) is 8.54. The van der Waals surface area contributed by atoms with Crippen LogP contribution in [-0.4, -0.2) is 5.91 Å². The first-order valence-electron chi connectivity index (χ1n) is 4.68. The fourth-order valence-corrected chi connectivity index (χ4v) is 2.39. The second-order valence-electron chi connectivity index (χ2n) is 3.29. The predicted octanol–water partition coefficient (Wildman–Crippen LogP) is 3.89. The van der Waals surface area contributed by atoms with Gasteiger partial charge in [-0.3, -0.25) is 4.79 Å². The molecule has 0 spiro atoms. The molecule has 6 heteroatoms. The molecule has 0 bridgehead atoms. The molecular formula is C11H8Cl2N2OS. The molecule has 1 aromatic heterocycles. The number of amides is 1. The number of carbonyl (C=O) groups is 1. The standard InChI is InChI=1S/C11H8Cl2N2OS/c12-6-1-2-8(7(14)5-6)15-11(16)9-3-4-10(13)17-9/h1-5H,14H2,(H,15,16). The zero-order valence-corrected chi connectivity index (χ0v) is 10.9. The van der Waals surface area contributed by atoms with Crippen LogP contribution in [-0.2, 0) is 0 Å². The Bertz CT molecular complexity index is 568. The quantitative estimate of drug-likeness (QED) is 0.823. The van der Waals surface area contributed by atoms with Crippen molar-refractivity contribution in [2.45, 2.75) is 0 Å². The van der Waals surface area contributed by atoms with Gasteiger partial charge >= 0.3 is 0 Å². The minimum Gasteiger partial charge on any atom is -0.397 e. The molecule has 0 radical (unpaired) electrons. The van der Waals surface area contributed by atoms with Gasteiger partial charge in [-0.05, 0) is 30.3 Å². The highest BCUT2D eigenvalue weighted by atomic mass is 35.5. The van der Waals surface area contributed by atoms with E-state index in [9.17, 15) is 4.79 Å². The molecule has 0 saturated carbocycles. The first-order valence-corrected chi connectivity index (χ1v) is 6.25. The van der Waals surface area contributed by atoms with E-state index in [4.69, 9.17) is 28.9 Å². The molecule has 88 valence electrons. The van der Waals surface area contributed by atoms with Gasteiger partial charge in [-0.1, -0.05) is 23.2 Å². The van der Waals surface area contributed by atoms with E-state index in [1.807, 2.05) is 0 Å². The summed E-state index contributed by atoms with van der Waals surface area (Å²) in [6.07, 6.45) is 0. The van der Waals surface area contributed by atoms with Crippen molar-refractivity contribution in [1.29, 1.82) is 0 Å². The van der Waals surface area contributed by atoms with E-state index in [0.29, 0.717) is 25.6 Å². The summed E-state index contributed by atoms with van der Waals surface area (Å²) in [6.45, 7) is 0. The van der Waals surface area contributed by atoms with Crippen LogP contribution in [0.15, 0.2) is 30.3 Å². The van der Waals surface area contributed by atoms with E-state index in [0.717, 1.165) is 0 Å². The summed E-state index contributed by atoms with van der Waals surface area (Å²) in [5.74, 6) is -0.240. The highest BCUT2D eigenvalue weighted by Gasteiger charge is 2.10. The van der Waals surface area contributed by atoms with Gasteiger partial charge < -0.3 is 11.1 Å². The van der Waals surface area contributed by atoms with Crippen molar-refractivity contribution < 1.29 is 4.79 Å². The summed E-state index contributed by atoms with van der Waals surface area (Å²) in [4.78, 5) is 12.3. The van der Waals surface area contributed by atoms with Gasteiger partial charge in [-0.15, -0.1) is 11.3 Å². The van der Waals surface area contributed by atoms with Gasteiger partial charge in [0, 0.05) is 5.02 Å². The first kappa shape index (κ1) is 12.2. The molecule has 0 aliphatic rings. The lowest BCUT2D eigenvalue weighted by molar-refractivity contribution is 0.103. The maximum absolute atomic E-state index is 11.8. The number of carbonyl (C=O) groups excluding carboxylic acids is 1. The Balaban J connectivity index is 2.18. The smallest absolute Gasteiger partial charge is 0.265 e. The number of nitrogens with two attached hydrogens (primary N) is 1. The third kappa shape index (κ3) is 2.91. The highest BCUT2D eigenvalue weighted by molar-refractivity contribution is 7.18. The van der Waals surface area contributed by atoms with E-state index in [1.54, 1.807) is 30.3 Å². The number of benzene rings is 1. The Morgan fingerprint density at radius 2 is 2.00 bits per heavy atom. The molecule has 3 nitrogen and oxygen atoms in total. The van der Waals surface area contributed by atoms with Crippen LogP contribution in [0.3, 0.4) is 0 Å². The van der Waals surface area contributed by atoms with Crippen molar-refractivity contribution in [3.63, 3.8) is 0 Å². The van der Waals surface area contributed by atoms with Crippen LogP contribution in [0.2, 0.25) is 9.36 Å². The maximum Gasteiger partial charge on any atom is 0.265 e. The van der Waals surface area contributed by atoms with Crippen molar-refractivity contribution in [3.8, 4) is 0 Å². The van der Waals surface area contributed by atoms with Crippen LogP contribution in [0.1, 0.15) is 9.67 Å². The molecule has 17 heavy (non-hydrogen) atoms. The van der Waals surface area contributed by atoms with Crippen LogP contribution >= 0.6 is 34.5 Å². The number of hydrogen-bond donors (Lipinski definition) is 2. The summed E-state index contributed by atoms with van der Waals surface area (Å²) in [5.41, 5.74) is 6.69. The van der Waals surface area contributed by atoms with Gasteiger partial charge in [0.1, 0.15) is 0 Å². The average Bonchev–Trinajstić information content (AvgIpc) is 2.69. The van der Waals surface area contributed by atoms with Crippen molar-refractivity contribution in [1.82, 2.24) is 0 Å². The van der Waals surface area contributed by atoms with Gasteiger partial charge in [-0.25, -0.2) is 0 Å². The van der Waals surface area contributed by atoms with Crippen molar-refractivity contribution in [2.75, 3.05) is 11.1 Å². The molecule has 2 rings (SSSR count). The molecule has 0 aliphatic heterocycles. The number of anilines is 2. The van der Waals surface area contributed by atoms with E-state index in [1.165, 1.54) is 11.3 Å². The summed E-state index contributed by atoms with van der Waals surface area (Å²) in [6, 6.07) is 8.24. The van der Waals surface area contributed by atoms with Gasteiger partial charge in [0.15, 0.2) is 0 Å². The Morgan fingerprint density at radius 1 is 1.24 bits per heavy atom. The molecule has 0 aliphatic carbocycles. The third-order valence-corrected chi connectivity index (χ3v) is 3.52. The van der Waals surface area contributed by atoms with E-state index >= 15 is 0 Å². The van der Waals surface area contributed by atoms with E-state index < -0.39 is 0 Å². The molecular weight excluding hydrogens is 279 g/mol. The molecule has 0 atom stereocenters. The van der Waals surface area contributed by atoms with E-state index in [2.05, 4.69) is 5.32 Å².